The maximum atomic E-state index is 13.2. The highest BCUT2D eigenvalue weighted by atomic mass is 35.5. The van der Waals surface area contributed by atoms with Gasteiger partial charge in [0.25, 0.3) is 5.91 Å². The molecule has 0 aromatic heterocycles. The Morgan fingerprint density at radius 3 is 2.44 bits per heavy atom. The minimum Gasteiger partial charge on any atom is -0.493 e. The van der Waals surface area contributed by atoms with Crippen molar-refractivity contribution in [2.75, 3.05) is 12.4 Å². The van der Waals surface area contributed by atoms with E-state index in [1.54, 1.807) is 48.5 Å². The lowest BCUT2D eigenvalue weighted by Gasteiger charge is -2.12. The highest BCUT2D eigenvalue weighted by Crippen LogP contribution is 2.29. The van der Waals surface area contributed by atoms with Gasteiger partial charge >= 0.3 is 0 Å². The van der Waals surface area contributed by atoms with Gasteiger partial charge in [-0.1, -0.05) is 48.0 Å². The normalized spacial score (nSPS) is 10.7. The van der Waals surface area contributed by atoms with E-state index in [9.17, 15) is 14.0 Å². The molecule has 0 saturated carbocycles. The van der Waals surface area contributed by atoms with Crippen molar-refractivity contribution in [3.63, 3.8) is 0 Å². The first-order chi connectivity index (χ1) is 18.9. The van der Waals surface area contributed by atoms with Crippen molar-refractivity contribution in [3.05, 3.63) is 124 Å². The molecule has 2 N–H and O–H groups in total. The minimum atomic E-state index is -0.419. The number of hydrazone groups is 1. The number of methoxy groups -OCH3 is 1. The predicted octanol–water partition coefficient (Wildman–Crippen LogP) is 6.01. The Balaban J connectivity index is 1.30. The molecule has 0 unspecified atom stereocenters. The van der Waals surface area contributed by atoms with Gasteiger partial charge in [-0.15, -0.1) is 0 Å². The lowest BCUT2D eigenvalue weighted by Crippen LogP contribution is -2.18. The van der Waals surface area contributed by atoms with Gasteiger partial charge in [0.2, 0.25) is 5.91 Å². The van der Waals surface area contributed by atoms with Crippen LogP contribution in [-0.4, -0.2) is 25.1 Å². The largest absolute Gasteiger partial charge is 0.493 e. The van der Waals surface area contributed by atoms with Crippen LogP contribution in [0.1, 0.15) is 27.0 Å². The lowest BCUT2D eigenvalue weighted by atomic mass is 10.1. The molecular weight excluding hydrogens is 521 g/mol. The highest BCUT2D eigenvalue weighted by Gasteiger charge is 2.09. The fraction of sp³-hybridized carbons (Fsp3) is 0.100. The molecular formula is C30H25ClFN3O4. The summed E-state index contributed by atoms with van der Waals surface area (Å²) in [5.41, 5.74) is 5.66. The van der Waals surface area contributed by atoms with Crippen molar-refractivity contribution >= 4 is 35.3 Å². The molecule has 0 radical (unpaired) electrons. The van der Waals surface area contributed by atoms with Gasteiger partial charge in [0, 0.05) is 16.8 Å². The summed E-state index contributed by atoms with van der Waals surface area (Å²) in [6.45, 7) is 0.133. The van der Waals surface area contributed by atoms with Crippen LogP contribution < -0.4 is 20.2 Å². The number of halogens is 2. The number of ether oxygens (including phenoxy) is 2. The van der Waals surface area contributed by atoms with Gasteiger partial charge in [-0.2, -0.15) is 5.10 Å². The van der Waals surface area contributed by atoms with Gasteiger partial charge in [0.15, 0.2) is 11.5 Å². The van der Waals surface area contributed by atoms with Crippen molar-refractivity contribution in [2.24, 2.45) is 5.10 Å². The first kappa shape index (κ1) is 27.3. The van der Waals surface area contributed by atoms with E-state index in [4.69, 9.17) is 21.1 Å². The molecule has 0 aliphatic rings. The van der Waals surface area contributed by atoms with E-state index in [-0.39, 0.29) is 24.0 Å². The second-order valence-corrected chi connectivity index (χ2v) is 8.83. The standard InChI is InChI=1S/C30H25ClFN3O4/c1-38-28-15-21(7-14-27(28)39-19-23-8-11-24(32)17-26(23)31)18-33-35-30(37)22-9-12-25(13-10-22)34-29(36)16-20-5-3-2-4-6-20/h2-15,17-18H,16,19H2,1H3,(H,34,36)(H,35,37)/b33-18-. The molecule has 39 heavy (non-hydrogen) atoms. The summed E-state index contributed by atoms with van der Waals surface area (Å²) in [5.74, 6) is -0.0499. The Labute approximate surface area is 230 Å². The fourth-order valence-electron chi connectivity index (χ4n) is 3.60. The van der Waals surface area contributed by atoms with Gasteiger partial charge in [0.05, 0.1) is 24.8 Å². The SMILES string of the molecule is COc1cc(/C=N\NC(=O)c2ccc(NC(=O)Cc3ccccc3)cc2)ccc1OCc1ccc(F)cc1Cl. The van der Waals surface area contributed by atoms with Crippen LogP contribution in [-0.2, 0) is 17.8 Å². The smallest absolute Gasteiger partial charge is 0.271 e. The van der Waals surface area contributed by atoms with Crippen molar-refractivity contribution in [2.45, 2.75) is 13.0 Å². The predicted molar refractivity (Wildman–Crippen MR) is 149 cm³/mol. The summed E-state index contributed by atoms with van der Waals surface area (Å²) in [5, 5.41) is 7.10. The molecule has 4 rings (SSSR count). The van der Waals surface area contributed by atoms with Crippen LogP contribution in [0.25, 0.3) is 0 Å². The molecule has 0 atom stereocenters. The Bertz CT molecular complexity index is 1480. The fourth-order valence-corrected chi connectivity index (χ4v) is 3.82. The van der Waals surface area contributed by atoms with Crippen molar-refractivity contribution in [1.82, 2.24) is 5.43 Å². The van der Waals surface area contributed by atoms with Gasteiger partial charge < -0.3 is 14.8 Å². The van der Waals surface area contributed by atoms with Gasteiger partial charge in [-0.25, -0.2) is 9.82 Å². The summed E-state index contributed by atoms with van der Waals surface area (Å²) in [4.78, 5) is 24.7. The summed E-state index contributed by atoms with van der Waals surface area (Å²) in [6.07, 6.45) is 1.73. The van der Waals surface area contributed by atoms with Crippen molar-refractivity contribution in [3.8, 4) is 11.5 Å². The Kier molecular flexibility index (Phi) is 9.26. The van der Waals surface area contributed by atoms with Crippen molar-refractivity contribution in [1.29, 1.82) is 0 Å². The van der Waals surface area contributed by atoms with Crippen LogP contribution in [0.15, 0.2) is 96.1 Å². The summed E-state index contributed by atoms with van der Waals surface area (Å²) in [7, 11) is 1.50. The number of carbonyl (C=O) groups excluding carboxylic acids is 2. The van der Waals surface area contributed by atoms with Gasteiger partial charge in [0.1, 0.15) is 12.4 Å². The van der Waals surface area contributed by atoms with Crippen LogP contribution in [0.5, 0.6) is 11.5 Å². The van der Waals surface area contributed by atoms with Crippen molar-refractivity contribution < 1.29 is 23.5 Å². The number of amides is 2. The number of anilines is 1. The molecule has 0 aliphatic heterocycles. The van der Waals surface area contributed by atoms with E-state index >= 15 is 0 Å². The zero-order valence-electron chi connectivity index (χ0n) is 21.0. The molecule has 2 amide bonds. The van der Waals surface area contributed by atoms with Crippen LogP contribution in [0.2, 0.25) is 5.02 Å². The highest BCUT2D eigenvalue weighted by molar-refractivity contribution is 6.31. The maximum absolute atomic E-state index is 13.2. The average Bonchev–Trinajstić information content (AvgIpc) is 2.93. The van der Waals surface area contributed by atoms with Crippen LogP contribution in [0.4, 0.5) is 10.1 Å². The van der Waals surface area contributed by atoms with E-state index in [1.807, 2.05) is 30.3 Å². The van der Waals surface area contributed by atoms with Gasteiger partial charge in [-0.3, -0.25) is 9.59 Å². The first-order valence-electron chi connectivity index (χ1n) is 11.9. The second kappa shape index (κ2) is 13.2. The topological polar surface area (TPSA) is 89.0 Å². The first-order valence-corrected chi connectivity index (χ1v) is 12.3. The third-order valence-electron chi connectivity index (χ3n) is 5.60. The third-order valence-corrected chi connectivity index (χ3v) is 5.96. The molecule has 198 valence electrons. The number of carbonyl (C=O) groups is 2. The molecule has 7 nitrogen and oxygen atoms in total. The molecule has 0 heterocycles. The van der Waals surface area contributed by atoms with Crippen LogP contribution in [0, 0.1) is 5.82 Å². The second-order valence-electron chi connectivity index (χ2n) is 8.42. The molecule has 0 saturated heterocycles. The Morgan fingerprint density at radius 2 is 1.72 bits per heavy atom. The molecule has 0 spiro atoms. The zero-order valence-corrected chi connectivity index (χ0v) is 21.7. The number of nitrogens with zero attached hydrogens (tertiary/aromatic N) is 1. The molecule has 0 fully saturated rings. The minimum absolute atomic E-state index is 0.133. The Morgan fingerprint density at radius 1 is 0.949 bits per heavy atom. The van der Waals surface area contributed by atoms with E-state index < -0.39 is 11.7 Å². The number of hydrogen-bond acceptors (Lipinski definition) is 5. The molecule has 9 heteroatoms. The zero-order chi connectivity index (χ0) is 27.6. The monoisotopic (exact) mass is 545 g/mol. The number of benzene rings is 4. The maximum Gasteiger partial charge on any atom is 0.271 e. The van der Waals surface area contributed by atoms with E-state index in [2.05, 4.69) is 15.8 Å². The van der Waals surface area contributed by atoms with Crippen LogP contribution in [0.3, 0.4) is 0 Å². The summed E-state index contributed by atoms with van der Waals surface area (Å²) < 4.78 is 24.4. The van der Waals surface area contributed by atoms with E-state index in [0.29, 0.717) is 33.9 Å². The lowest BCUT2D eigenvalue weighted by molar-refractivity contribution is -0.115. The van der Waals surface area contributed by atoms with Crippen LogP contribution >= 0.6 is 11.6 Å². The number of rotatable bonds is 10. The molecule has 4 aromatic rings. The number of hydrogen-bond donors (Lipinski definition) is 2. The Hall–Kier alpha value is -4.69. The number of nitrogens with one attached hydrogen (secondary N) is 2. The summed E-state index contributed by atoms with van der Waals surface area (Å²) >= 11 is 6.06. The molecule has 0 aliphatic carbocycles. The quantitative estimate of drug-likeness (QED) is 0.189. The van der Waals surface area contributed by atoms with E-state index in [0.717, 1.165) is 5.56 Å². The van der Waals surface area contributed by atoms with Gasteiger partial charge in [-0.05, 0) is 65.7 Å². The third kappa shape index (κ3) is 7.90. The summed E-state index contributed by atoms with van der Waals surface area (Å²) in [6, 6.07) is 25.2. The van der Waals surface area contributed by atoms with E-state index in [1.165, 1.54) is 25.5 Å². The average molecular weight is 546 g/mol. The molecule has 4 aromatic carbocycles. The molecule has 0 bridgehead atoms.